The molecule has 2 N–H and O–H groups in total. The average molecular weight is 415 g/mol. The molecule has 1 fully saturated rings. The number of nitrogens with zero attached hydrogens (tertiary/aromatic N) is 1. The normalized spacial score (nSPS) is 15.7. The summed E-state index contributed by atoms with van der Waals surface area (Å²) in [5.41, 5.74) is 5.94. The van der Waals surface area contributed by atoms with Crippen LogP contribution in [-0.2, 0) is 4.74 Å². The lowest BCUT2D eigenvalue weighted by atomic mass is 10.1. The maximum Gasteiger partial charge on any atom is 0.283 e. The first-order valence-corrected chi connectivity index (χ1v) is 10.1. The van der Waals surface area contributed by atoms with Crippen LogP contribution in [0.2, 0.25) is 0 Å². The van der Waals surface area contributed by atoms with E-state index in [2.05, 4.69) is 10.9 Å². The first-order valence-electron chi connectivity index (χ1n) is 9.14. The Kier molecular flexibility index (Phi) is 6.84. The molecule has 152 valence electrons. The SMILES string of the molecule is Cc1ccc(C(=O)NNC(=O)c2ccc(SC[C@@H]3CCCO3)c([N+](=O)[O-])c2)cc1. The molecule has 0 aromatic heterocycles. The Morgan fingerprint density at radius 1 is 1.14 bits per heavy atom. The van der Waals surface area contributed by atoms with E-state index in [4.69, 9.17) is 4.74 Å². The number of ether oxygens (including phenoxy) is 1. The minimum Gasteiger partial charge on any atom is -0.377 e. The summed E-state index contributed by atoms with van der Waals surface area (Å²) in [6, 6.07) is 11.1. The van der Waals surface area contributed by atoms with Crippen LogP contribution in [0, 0.1) is 17.0 Å². The number of nitro benzene ring substituents is 1. The molecule has 0 spiro atoms. The van der Waals surface area contributed by atoms with Crippen molar-refractivity contribution in [2.45, 2.75) is 30.8 Å². The zero-order chi connectivity index (χ0) is 20.8. The Morgan fingerprint density at radius 3 is 2.41 bits per heavy atom. The molecule has 2 amide bonds. The Balaban J connectivity index is 1.63. The maximum atomic E-state index is 12.3. The Hall–Kier alpha value is -2.91. The van der Waals surface area contributed by atoms with Gasteiger partial charge in [-0.15, -0.1) is 11.8 Å². The Bertz CT molecular complexity index is 911. The van der Waals surface area contributed by atoms with E-state index >= 15 is 0 Å². The molecule has 0 radical (unpaired) electrons. The van der Waals surface area contributed by atoms with Crippen LogP contribution in [0.1, 0.15) is 39.1 Å². The number of thioether (sulfide) groups is 1. The van der Waals surface area contributed by atoms with Crippen LogP contribution >= 0.6 is 11.8 Å². The average Bonchev–Trinajstić information content (AvgIpc) is 3.24. The zero-order valence-electron chi connectivity index (χ0n) is 15.8. The molecule has 29 heavy (non-hydrogen) atoms. The van der Waals surface area contributed by atoms with Gasteiger partial charge in [0.2, 0.25) is 0 Å². The summed E-state index contributed by atoms with van der Waals surface area (Å²) >= 11 is 1.34. The third-order valence-corrected chi connectivity index (χ3v) is 5.66. The number of rotatable bonds is 6. The van der Waals surface area contributed by atoms with Crippen molar-refractivity contribution >= 4 is 29.3 Å². The number of benzene rings is 2. The van der Waals surface area contributed by atoms with E-state index in [0.717, 1.165) is 25.0 Å². The first kappa shape index (κ1) is 20.8. The zero-order valence-corrected chi connectivity index (χ0v) is 16.7. The molecule has 1 saturated heterocycles. The van der Waals surface area contributed by atoms with Crippen molar-refractivity contribution in [3.05, 3.63) is 69.3 Å². The van der Waals surface area contributed by atoms with E-state index in [0.29, 0.717) is 16.2 Å². The van der Waals surface area contributed by atoms with Crippen LogP contribution in [0.5, 0.6) is 0 Å². The quantitative estimate of drug-likeness (QED) is 0.426. The van der Waals surface area contributed by atoms with Crippen LogP contribution < -0.4 is 10.9 Å². The second-order valence-electron chi connectivity index (χ2n) is 6.66. The Labute approximate surface area is 172 Å². The van der Waals surface area contributed by atoms with Crippen molar-refractivity contribution < 1.29 is 19.2 Å². The van der Waals surface area contributed by atoms with Crippen LogP contribution in [0.4, 0.5) is 5.69 Å². The summed E-state index contributed by atoms with van der Waals surface area (Å²) in [4.78, 5) is 35.8. The van der Waals surface area contributed by atoms with Crippen molar-refractivity contribution in [2.75, 3.05) is 12.4 Å². The molecule has 8 nitrogen and oxygen atoms in total. The molecule has 9 heteroatoms. The maximum absolute atomic E-state index is 12.3. The highest BCUT2D eigenvalue weighted by Gasteiger charge is 2.21. The number of nitrogens with one attached hydrogen (secondary N) is 2. The van der Waals surface area contributed by atoms with Crippen molar-refractivity contribution in [1.82, 2.24) is 10.9 Å². The largest absolute Gasteiger partial charge is 0.377 e. The van der Waals surface area contributed by atoms with Gasteiger partial charge in [-0.05, 0) is 44.0 Å². The molecular weight excluding hydrogens is 394 g/mol. The molecule has 1 aliphatic heterocycles. The number of hydrogen-bond acceptors (Lipinski definition) is 6. The molecule has 3 rings (SSSR count). The van der Waals surface area contributed by atoms with Crippen LogP contribution in [-0.4, -0.2) is 35.2 Å². The summed E-state index contributed by atoms with van der Waals surface area (Å²) in [5.74, 6) is -0.486. The number of aryl methyl sites for hydroxylation is 1. The molecule has 2 aromatic rings. The summed E-state index contributed by atoms with van der Waals surface area (Å²) < 4.78 is 5.54. The van der Waals surface area contributed by atoms with E-state index < -0.39 is 16.7 Å². The number of carbonyl (C=O) groups is 2. The van der Waals surface area contributed by atoms with Gasteiger partial charge in [0.15, 0.2) is 0 Å². The van der Waals surface area contributed by atoms with Gasteiger partial charge in [-0.1, -0.05) is 17.7 Å². The number of carbonyl (C=O) groups excluding carboxylic acids is 2. The van der Waals surface area contributed by atoms with Crippen LogP contribution in [0.15, 0.2) is 47.4 Å². The predicted molar refractivity (Wildman–Crippen MR) is 109 cm³/mol. The molecule has 0 aliphatic carbocycles. The molecule has 2 aromatic carbocycles. The van der Waals surface area contributed by atoms with Crippen molar-refractivity contribution in [1.29, 1.82) is 0 Å². The standard InChI is InChI=1S/C20H21N3O5S/c1-13-4-6-14(7-5-13)19(24)21-22-20(25)15-8-9-18(17(11-15)23(26)27)29-12-16-3-2-10-28-16/h4-9,11,16H,2-3,10,12H2,1H3,(H,21,24)(H,22,25)/t16-/m0/s1. The third-order valence-electron chi connectivity index (χ3n) is 4.47. The lowest BCUT2D eigenvalue weighted by molar-refractivity contribution is -0.387. The molecule has 0 unspecified atom stereocenters. The summed E-state index contributed by atoms with van der Waals surface area (Å²) in [5, 5.41) is 11.4. The van der Waals surface area contributed by atoms with Gasteiger partial charge in [0.1, 0.15) is 0 Å². The van der Waals surface area contributed by atoms with Gasteiger partial charge in [-0.25, -0.2) is 0 Å². The van der Waals surface area contributed by atoms with E-state index in [1.165, 1.54) is 23.9 Å². The number of hydrogen-bond donors (Lipinski definition) is 2. The van der Waals surface area contributed by atoms with Gasteiger partial charge in [0, 0.05) is 29.6 Å². The molecule has 1 atom stereocenters. The van der Waals surface area contributed by atoms with Gasteiger partial charge < -0.3 is 4.74 Å². The number of nitro groups is 1. The second-order valence-corrected chi connectivity index (χ2v) is 7.72. The predicted octanol–water partition coefficient (Wildman–Crippen LogP) is 3.25. The summed E-state index contributed by atoms with van der Waals surface area (Å²) in [6.45, 7) is 2.62. The van der Waals surface area contributed by atoms with Gasteiger partial charge in [0.25, 0.3) is 17.5 Å². The lowest BCUT2D eigenvalue weighted by Crippen LogP contribution is -2.41. The lowest BCUT2D eigenvalue weighted by Gasteiger charge is -2.10. The molecule has 0 bridgehead atoms. The minimum atomic E-state index is -0.635. The third kappa shape index (κ3) is 5.55. The second kappa shape index (κ2) is 9.53. The Morgan fingerprint density at radius 2 is 1.79 bits per heavy atom. The fourth-order valence-corrected chi connectivity index (χ4v) is 3.92. The van der Waals surface area contributed by atoms with Crippen LogP contribution in [0.3, 0.4) is 0 Å². The topological polar surface area (TPSA) is 111 Å². The highest BCUT2D eigenvalue weighted by Crippen LogP contribution is 2.32. The number of hydrazine groups is 1. The molecule has 0 saturated carbocycles. The highest BCUT2D eigenvalue weighted by molar-refractivity contribution is 7.99. The molecule has 1 aliphatic rings. The van der Waals surface area contributed by atoms with E-state index in [1.807, 2.05) is 6.92 Å². The van der Waals surface area contributed by atoms with Crippen LogP contribution in [0.25, 0.3) is 0 Å². The molecule has 1 heterocycles. The van der Waals surface area contributed by atoms with Crippen molar-refractivity contribution in [2.24, 2.45) is 0 Å². The summed E-state index contributed by atoms with van der Waals surface area (Å²) in [6.07, 6.45) is 2.04. The fourth-order valence-electron chi connectivity index (χ4n) is 2.84. The monoisotopic (exact) mass is 415 g/mol. The van der Waals surface area contributed by atoms with Gasteiger partial charge in [-0.3, -0.25) is 30.6 Å². The van der Waals surface area contributed by atoms with Crippen molar-refractivity contribution in [3.8, 4) is 0 Å². The van der Waals surface area contributed by atoms with Gasteiger partial charge >= 0.3 is 0 Å². The first-order chi connectivity index (χ1) is 13.9. The van der Waals surface area contributed by atoms with Gasteiger partial charge in [0.05, 0.1) is 15.9 Å². The highest BCUT2D eigenvalue weighted by atomic mass is 32.2. The van der Waals surface area contributed by atoms with Crippen molar-refractivity contribution in [3.63, 3.8) is 0 Å². The van der Waals surface area contributed by atoms with E-state index in [-0.39, 0.29) is 17.4 Å². The van der Waals surface area contributed by atoms with Gasteiger partial charge in [-0.2, -0.15) is 0 Å². The minimum absolute atomic E-state index is 0.0855. The van der Waals surface area contributed by atoms with E-state index in [9.17, 15) is 19.7 Å². The smallest absolute Gasteiger partial charge is 0.283 e. The van der Waals surface area contributed by atoms with E-state index in [1.54, 1.807) is 30.3 Å². The molecular formula is C20H21N3O5S. The summed E-state index contributed by atoms with van der Waals surface area (Å²) in [7, 11) is 0. The number of amides is 2. The fraction of sp³-hybridized carbons (Fsp3) is 0.300.